The van der Waals surface area contributed by atoms with E-state index in [1.54, 1.807) is 11.3 Å². The lowest BCUT2D eigenvalue weighted by Gasteiger charge is -2.26. The minimum atomic E-state index is -0.0348. The Hall–Kier alpha value is -2.66. The zero-order valence-corrected chi connectivity index (χ0v) is 17.6. The van der Waals surface area contributed by atoms with Crippen LogP contribution < -0.4 is 10.2 Å². The number of fused-ring (bicyclic) bond motifs is 1. The first-order chi connectivity index (χ1) is 14.2. The molecule has 2 unspecified atom stereocenters. The molecule has 0 saturated heterocycles. The van der Waals surface area contributed by atoms with E-state index in [1.165, 1.54) is 10.4 Å². The third-order valence-corrected chi connectivity index (χ3v) is 6.73. The lowest BCUT2D eigenvalue weighted by molar-refractivity contribution is -0.125. The number of hydrogen-bond acceptors (Lipinski definition) is 4. The summed E-state index contributed by atoms with van der Waals surface area (Å²) in [7, 11) is 2.09. The number of thiazole rings is 1. The molecule has 4 nitrogen and oxygen atoms in total. The van der Waals surface area contributed by atoms with E-state index in [4.69, 9.17) is 4.98 Å². The summed E-state index contributed by atoms with van der Waals surface area (Å²) in [4.78, 5) is 20.0. The summed E-state index contributed by atoms with van der Waals surface area (Å²) >= 11 is 1.72. The van der Waals surface area contributed by atoms with Gasteiger partial charge in [0.1, 0.15) is 0 Å². The van der Waals surface area contributed by atoms with Gasteiger partial charge in [-0.2, -0.15) is 0 Å². The smallest absolute Gasteiger partial charge is 0.224 e. The predicted molar refractivity (Wildman–Crippen MR) is 122 cm³/mol. The number of benzene rings is 2. The van der Waals surface area contributed by atoms with Crippen molar-refractivity contribution in [3.63, 3.8) is 0 Å². The van der Waals surface area contributed by atoms with Gasteiger partial charge in [0.25, 0.3) is 0 Å². The number of amides is 1. The van der Waals surface area contributed by atoms with Crippen LogP contribution in [0.5, 0.6) is 0 Å². The van der Waals surface area contributed by atoms with Crippen LogP contribution in [0.15, 0.2) is 66.7 Å². The highest BCUT2D eigenvalue weighted by molar-refractivity contribution is 7.18. The van der Waals surface area contributed by atoms with Gasteiger partial charge in [-0.15, -0.1) is 11.3 Å². The first-order valence-electron chi connectivity index (χ1n) is 10.3. The van der Waals surface area contributed by atoms with Gasteiger partial charge in [-0.25, -0.2) is 4.98 Å². The Morgan fingerprint density at radius 3 is 2.69 bits per heavy atom. The van der Waals surface area contributed by atoms with Crippen LogP contribution in [0, 0.1) is 5.92 Å². The van der Waals surface area contributed by atoms with Gasteiger partial charge in [-0.1, -0.05) is 42.5 Å². The van der Waals surface area contributed by atoms with E-state index in [0.717, 1.165) is 36.3 Å². The molecule has 3 aromatic rings. The molecule has 0 spiro atoms. The Morgan fingerprint density at radius 1 is 1.10 bits per heavy atom. The van der Waals surface area contributed by atoms with Gasteiger partial charge in [-0.05, 0) is 43.5 Å². The molecule has 5 heteroatoms. The SMILES string of the molecule is CN(CCCNC(=O)C1CC=CCC1c1nc2ccccc2s1)c1ccccc1. The molecule has 1 aliphatic carbocycles. The second-order valence-corrected chi connectivity index (χ2v) is 8.64. The maximum Gasteiger partial charge on any atom is 0.224 e. The van der Waals surface area contributed by atoms with Crippen molar-refractivity contribution in [2.24, 2.45) is 5.92 Å². The fourth-order valence-corrected chi connectivity index (χ4v) is 5.04. The first-order valence-corrected chi connectivity index (χ1v) is 11.1. The number of hydrogen-bond donors (Lipinski definition) is 1. The maximum absolute atomic E-state index is 12.9. The zero-order valence-electron chi connectivity index (χ0n) is 16.8. The zero-order chi connectivity index (χ0) is 20.1. The van der Waals surface area contributed by atoms with Crippen molar-refractivity contribution in [3.8, 4) is 0 Å². The molecule has 0 radical (unpaired) electrons. The second-order valence-electron chi connectivity index (χ2n) is 7.58. The monoisotopic (exact) mass is 405 g/mol. The van der Waals surface area contributed by atoms with Gasteiger partial charge in [0.2, 0.25) is 5.91 Å². The van der Waals surface area contributed by atoms with E-state index in [2.05, 4.69) is 47.6 Å². The lowest BCUT2D eigenvalue weighted by atomic mass is 9.82. The summed E-state index contributed by atoms with van der Waals surface area (Å²) < 4.78 is 1.19. The fraction of sp³-hybridized carbons (Fsp3) is 0.333. The molecule has 0 bridgehead atoms. The third kappa shape index (κ3) is 4.67. The van der Waals surface area contributed by atoms with Crippen molar-refractivity contribution in [3.05, 3.63) is 71.8 Å². The average Bonchev–Trinajstić information content (AvgIpc) is 3.21. The summed E-state index contributed by atoms with van der Waals surface area (Å²) in [5.74, 6) is 0.290. The Bertz CT molecular complexity index is 949. The summed E-state index contributed by atoms with van der Waals surface area (Å²) in [6, 6.07) is 18.5. The fourth-order valence-electron chi connectivity index (χ4n) is 3.90. The van der Waals surface area contributed by atoms with Gasteiger partial charge in [0.05, 0.1) is 21.1 Å². The number of allylic oxidation sites excluding steroid dienone is 2. The lowest BCUT2D eigenvalue weighted by Crippen LogP contribution is -2.36. The molecule has 0 fully saturated rings. The second kappa shape index (κ2) is 9.23. The Labute approximate surface area is 176 Å². The van der Waals surface area contributed by atoms with E-state index in [0.29, 0.717) is 6.54 Å². The van der Waals surface area contributed by atoms with Crippen molar-refractivity contribution in [1.29, 1.82) is 0 Å². The quantitative estimate of drug-likeness (QED) is 0.445. The summed E-state index contributed by atoms with van der Waals surface area (Å²) in [5, 5.41) is 4.25. The Morgan fingerprint density at radius 2 is 1.86 bits per heavy atom. The van der Waals surface area contributed by atoms with E-state index >= 15 is 0 Å². The van der Waals surface area contributed by atoms with Crippen LogP contribution in [-0.4, -0.2) is 31.0 Å². The molecule has 4 rings (SSSR count). The highest BCUT2D eigenvalue weighted by Crippen LogP contribution is 2.38. The van der Waals surface area contributed by atoms with Crippen LogP contribution in [0.2, 0.25) is 0 Å². The summed E-state index contributed by atoms with van der Waals surface area (Å²) in [5.41, 5.74) is 2.23. The van der Waals surface area contributed by atoms with Gasteiger partial charge in [0, 0.05) is 31.7 Å². The van der Waals surface area contributed by atoms with Crippen molar-refractivity contribution in [1.82, 2.24) is 10.3 Å². The molecule has 29 heavy (non-hydrogen) atoms. The number of carbonyl (C=O) groups excluding carboxylic acids is 1. The molecule has 1 N–H and O–H groups in total. The van der Waals surface area contributed by atoms with E-state index in [1.807, 2.05) is 36.4 Å². The molecular formula is C24H27N3OS. The van der Waals surface area contributed by atoms with Crippen LogP contribution in [0.3, 0.4) is 0 Å². The van der Waals surface area contributed by atoms with Crippen LogP contribution in [-0.2, 0) is 4.79 Å². The largest absolute Gasteiger partial charge is 0.375 e. The van der Waals surface area contributed by atoms with Crippen molar-refractivity contribution < 1.29 is 4.79 Å². The predicted octanol–water partition coefficient (Wildman–Crippen LogP) is 4.99. The summed E-state index contributed by atoms with van der Waals surface area (Å²) in [6.45, 7) is 1.61. The van der Waals surface area contributed by atoms with Crippen LogP contribution in [0.25, 0.3) is 10.2 Å². The molecule has 1 aromatic heterocycles. The number of aromatic nitrogens is 1. The number of rotatable bonds is 7. The number of nitrogens with zero attached hydrogens (tertiary/aromatic N) is 2. The third-order valence-electron chi connectivity index (χ3n) is 5.56. The molecule has 150 valence electrons. The Kier molecular flexibility index (Phi) is 6.25. The van der Waals surface area contributed by atoms with Gasteiger partial charge < -0.3 is 10.2 Å². The molecule has 1 aliphatic rings. The van der Waals surface area contributed by atoms with E-state index in [9.17, 15) is 4.79 Å². The van der Waals surface area contributed by atoms with E-state index < -0.39 is 0 Å². The number of carbonyl (C=O) groups is 1. The molecule has 2 atom stereocenters. The van der Waals surface area contributed by atoms with E-state index in [-0.39, 0.29) is 17.7 Å². The number of nitrogens with one attached hydrogen (secondary N) is 1. The maximum atomic E-state index is 12.9. The summed E-state index contributed by atoms with van der Waals surface area (Å²) in [6.07, 6.45) is 6.92. The molecule has 0 saturated carbocycles. The van der Waals surface area contributed by atoms with Gasteiger partial charge in [0.15, 0.2) is 0 Å². The number of anilines is 1. The molecule has 2 aromatic carbocycles. The van der Waals surface area contributed by atoms with Crippen LogP contribution in [0.1, 0.15) is 30.2 Å². The normalized spacial score (nSPS) is 18.7. The topological polar surface area (TPSA) is 45.2 Å². The first kappa shape index (κ1) is 19.6. The minimum Gasteiger partial charge on any atom is -0.375 e. The standard InChI is InChI=1S/C24H27N3OS/c1-27(18-10-3-2-4-11-18)17-9-16-25-23(28)19-12-5-6-13-20(19)24-26-21-14-7-8-15-22(21)29-24/h2-8,10-11,14-15,19-20H,9,12-13,16-17H2,1H3,(H,25,28). The molecular weight excluding hydrogens is 378 g/mol. The van der Waals surface area contributed by atoms with Crippen molar-refractivity contribution >= 4 is 33.1 Å². The highest BCUT2D eigenvalue weighted by atomic mass is 32.1. The average molecular weight is 406 g/mol. The minimum absolute atomic E-state index is 0.0348. The van der Waals surface area contributed by atoms with Gasteiger partial charge in [-0.3, -0.25) is 4.79 Å². The van der Waals surface area contributed by atoms with Crippen molar-refractivity contribution in [2.45, 2.75) is 25.2 Å². The number of para-hydroxylation sites is 2. The van der Waals surface area contributed by atoms with Crippen LogP contribution in [0.4, 0.5) is 5.69 Å². The molecule has 1 heterocycles. The molecule has 1 amide bonds. The van der Waals surface area contributed by atoms with Crippen LogP contribution >= 0.6 is 11.3 Å². The van der Waals surface area contributed by atoms with Gasteiger partial charge >= 0.3 is 0 Å². The van der Waals surface area contributed by atoms with Crippen molar-refractivity contribution in [2.75, 3.05) is 25.0 Å². The Balaban J connectivity index is 1.33. The highest BCUT2D eigenvalue weighted by Gasteiger charge is 2.32. The molecule has 0 aliphatic heterocycles.